The average molecular weight is 284 g/mol. The number of aromatic nitrogens is 2. The van der Waals surface area contributed by atoms with E-state index >= 15 is 0 Å². The highest BCUT2D eigenvalue weighted by Gasteiger charge is 2.12. The Hall–Kier alpha value is -2.87. The van der Waals surface area contributed by atoms with Gasteiger partial charge in [0.15, 0.2) is 0 Å². The first-order valence-electron chi connectivity index (χ1n) is 7.43. The molecular formula is C20H16N2. The monoisotopic (exact) mass is 284 g/mol. The molecule has 0 spiro atoms. The second kappa shape index (κ2) is 5.15. The first-order valence-corrected chi connectivity index (χ1v) is 7.43. The minimum absolute atomic E-state index is 1.03. The van der Waals surface area contributed by atoms with Crippen LogP contribution in [0.3, 0.4) is 0 Å². The first kappa shape index (κ1) is 12.8. The lowest BCUT2D eigenvalue weighted by Crippen LogP contribution is -1.95. The van der Waals surface area contributed by atoms with Crippen molar-refractivity contribution in [3.63, 3.8) is 0 Å². The van der Waals surface area contributed by atoms with Crippen molar-refractivity contribution in [1.29, 1.82) is 0 Å². The Morgan fingerprint density at radius 2 is 1.55 bits per heavy atom. The lowest BCUT2D eigenvalue weighted by molar-refractivity contribution is 0.915. The van der Waals surface area contributed by atoms with E-state index in [2.05, 4.69) is 67.6 Å². The summed E-state index contributed by atoms with van der Waals surface area (Å²) < 4.78 is 2.02. The fraction of sp³-hybridized carbons (Fsp3) is 0.0500. The fourth-order valence-electron chi connectivity index (χ4n) is 2.84. The zero-order chi connectivity index (χ0) is 14.9. The Bertz CT molecular complexity index is 936. The number of nitrogens with zero attached hydrogens (tertiary/aromatic N) is 2. The van der Waals surface area contributed by atoms with E-state index in [9.17, 15) is 0 Å². The molecule has 2 nitrogen and oxygen atoms in total. The highest BCUT2D eigenvalue weighted by atomic mass is 15.3. The third-order valence-corrected chi connectivity index (χ3v) is 3.88. The zero-order valence-corrected chi connectivity index (χ0v) is 12.4. The summed E-state index contributed by atoms with van der Waals surface area (Å²) >= 11 is 0. The van der Waals surface area contributed by atoms with E-state index in [4.69, 9.17) is 5.10 Å². The quantitative estimate of drug-likeness (QED) is 0.506. The SMILES string of the molecule is Cc1cccc(-c2nn(-c3ccccc3)c3ccccc23)c1. The van der Waals surface area contributed by atoms with Crippen LogP contribution in [0.5, 0.6) is 0 Å². The minimum atomic E-state index is 1.03. The Balaban J connectivity index is 2.01. The largest absolute Gasteiger partial charge is 0.232 e. The van der Waals surface area contributed by atoms with Gasteiger partial charge in [0, 0.05) is 10.9 Å². The van der Waals surface area contributed by atoms with E-state index in [0.29, 0.717) is 0 Å². The fourth-order valence-corrected chi connectivity index (χ4v) is 2.84. The summed E-state index contributed by atoms with van der Waals surface area (Å²) in [7, 11) is 0. The van der Waals surface area contributed by atoms with Crippen LogP contribution >= 0.6 is 0 Å². The zero-order valence-electron chi connectivity index (χ0n) is 12.4. The van der Waals surface area contributed by atoms with E-state index in [1.54, 1.807) is 0 Å². The molecule has 0 atom stereocenters. The summed E-state index contributed by atoms with van der Waals surface area (Å²) in [5, 5.41) is 6.07. The van der Waals surface area contributed by atoms with Crippen molar-refractivity contribution >= 4 is 10.9 Å². The molecule has 0 amide bonds. The van der Waals surface area contributed by atoms with E-state index in [1.807, 2.05) is 22.9 Å². The van der Waals surface area contributed by atoms with Crippen LogP contribution in [0.15, 0.2) is 78.9 Å². The van der Waals surface area contributed by atoms with E-state index in [0.717, 1.165) is 22.5 Å². The van der Waals surface area contributed by atoms with E-state index in [-0.39, 0.29) is 0 Å². The molecule has 3 aromatic carbocycles. The van der Waals surface area contributed by atoms with Gasteiger partial charge in [0.2, 0.25) is 0 Å². The lowest BCUT2D eigenvalue weighted by Gasteiger charge is -2.02. The molecule has 0 aliphatic carbocycles. The minimum Gasteiger partial charge on any atom is -0.232 e. The molecule has 4 aromatic rings. The molecule has 0 radical (unpaired) electrons. The van der Waals surface area contributed by atoms with Gasteiger partial charge in [0.1, 0.15) is 5.69 Å². The van der Waals surface area contributed by atoms with E-state index < -0.39 is 0 Å². The molecule has 0 N–H and O–H groups in total. The third kappa shape index (κ3) is 2.09. The van der Waals surface area contributed by atoms with E-state index in [1.165, 1.54) is 10.9 Å². The van der Waals surface area contributed by atoms with Crippen LogP contribution in [0.4, 0.5) is 0 Å². The molecular weight excluding hydrogens is 268 g/mol. The Morgan fingerprint density at radius 3 is 2.36 bits per heavy atom. The number of rotatable bonds is 2. The number of para-hydroxylation sites is 2. The molecule has 0 saturated heterocycles. The van der Waals surface area contributed by atoms with Crippen molar-refractivity contribution in [2.75, 3.05) is 0 Å². The van der Waals surface area contributed by atoms with Gasteiger partial charge in [-0.25, -0.2) is 4.68 Å². The Kier molecular flexibility index (Phi) is 3.01. The highest BCUT2D eigenvalue weighted by molar-refractivity contribution is 5.94. The molecule has 0 aliphatic rings. The molecule has 0 saturated carbocycles. The van der Waals surface area contributed by atoms with Crippen molar-refractivity contribution in [3.8, 4) is 16.9 Å². The van der Waals surface area contributed by atoms with Crippen LogP contribution in [-0.4, -0.2) is 9.78 Å². The van der Waals surface area contributed by atoms with Gasteiger partial charge in [-0.05, 0) is 31.2 Å². The summed E-state index contributed by atoms with van der Waals surface area (Å²) in [4.78, 5) is 0. The van der Waals surface area contributed by atoms with Crippen LogP contribution in [0.2, 0.25) is 0 Å². The van der Waals surface area contributed by atoms with Crippen molar-refractivity contribution in [2.24, 2.45) is 0 Å². The van der Waals surface area contributed by atoms with Gasteiger partial charge in [-0.1, -0.05) is 60.2 Å². The predicted octanol–water partition coefficient (Wildman–Crippen LogP) is 5.00. The standard InChI is InChI=1S/C20H16N2/c1-15-8-7-9-16(14-15)20-18-12-5-6-13-19(18)22(21-20)17-10-3-2-4-11-17/h2-14H,1H3. The van der Waals surface area contributed by atoms with Gasteiger partial charge < -0.3 is 0 Å². The number of aryl methyl sites for hydroxylation is 1. The van der Waals surface area contributed by atoms with Gasteiger partial charge in [-0.3, -0.25) is 0 Å². The summed E-state index contributed by atoms with van der Waals surface area (Å²) in [6, 6.07) is 27.2. The van der Waals surface area contributed by atoms with Crippen LogP contribution < -0.4 is 0 Å². The summed E-state index contributed by atoms with van der Waals surface area (Å²) in [5.41, 5.74) is 5.65. The van der Waals surface area contributed by atoms with Crippen LogP contribution in [0.1, 0.15) is 5.56 Å². The average Bonchev–Trinajstić information content (AvgIpc) is 2.95. The van der Waals surface area contributed by atoms with Gasteiger partial charge in [-0.15, -0.1) is 0 Å². The molecule has 4 rings (SSSR count). The maximum absolute atomic E-state index is 4.89. The van der Waals surface area contributed by atoms with Gasteiger partial charge in [0.25, 0.3) is 0 Å². The van der Waals surface area contributed by atoms with Crippen molar-refractivity contribution in [3.05, 3.63) is 84.4 Å². The first-order chi connectivity index (χ1) is 10.8. The molecule has 106 valence electrons. The normalized spacial score (nSPS) is 11.0. The van der Waals surface area contributed by atoms with Gasteiger partial charge in [0.05, 0.1) is 11.2 Å². The van der Waals surface area contributed by atoms with Crippen molar-refractivity contribution < 1.29 is 0 Å². The van der Waals surface area contributed by atoms with Gasteiger partial charge in [-0.2, -0.15) is 5.10 Å². The summed E-state index contributed by atoms with van der Waals surface area (Å²) in [6.07, 6.45) is 0. The smallest absolute Gasteiger partial charge is 0.101 e. The second-order valence-electron chi connectivity index (χ2n) is 5.48. The third-order valence-electron chi connectivity index (χ3n) is 3.88. The van der Waals surface area contributed by atoms with Crippen LogP contribution in [0.25, 0.3) is 27.8 Å². The topological polar surface area (TPSA) is 17.8 Å². The van der Waals surface area contributed by atoms with Crippen molar-refractivity contribution in [1.82, 2.24) is 9.78 Å². The lowest BCUT2D eigenvalue weighted by atomic mass is 10.1. The molecule has 22 heavy (non-hydrogen) atoms. The van der Waals surface area contributed by atoms with Gasteiger partial charge >= 0.3 is 0 Å². The predicted molar refractivity (Wildman–Crippen MR) is 91.2 cm³/mol. The number of fused-ring (bicyclic) bond motifs is 1. The molecule has 2 heteroatoms. The summed E-state index contributed by atoms with van der Waals surface area (Å²) in [6.45, 7) is 2.11. The van der Waals surface area contributed by atoms with Crippen molar-refractivity contribution in [2.45, 2.75) is 6.92 Å². The molecule has 0 fully saturated rings. The maximum Gasteiger partial charge on any atom is 0.101 e. The Morgan fingerprint density at radius 1 is 0.773 bits per heavy atom. The molecule has 0 bridgehead atoms. The number of benzene rings is 3. The molecule has 1 aromatic heterocycles. The molecule has 1 heterocycles. The number of hydrogen-bond acceptors (Lipinski definition) is 1. The highest BCUT2D eigenvalue weighted by Crippen LogP contribution is 2.30. The van der Waals surface area contributed by atoms with Crippen LogP contribution in [-0.2, 0) is 0 Å². The Labute approximate surface area is 129 Å². The summed E-state index contributed by atoms with van der Waals surface area (Å²) in [5.74, 6) is 0. The maximum atomic E-state index is 4.89. The number of hydrogen-bond donors (Lipinski definition) is 0. The second-order valence-corrected chi connectivity index (χ2v) is 5.48. The molecule has 0 aliphatic heterocycles. The van der Waals surface area contributed by atoms with Crippen LogP contribution in [0, 0.1) is 6.92 Å². The molecule has 0 unspecified atom stereocenters.